The summed E-state index contributed by atoms with van der Waals surface area (Å²) in [6, 6.07) is 0. The summed E-state index contributed by atoms with van der Waals surface area (Å²) in [5.74, 6) is -1.23. The van der Waals surface area contributed by atoms with Crippen molar-refractivity contribution in [2.45, 2.75) is 192 Å². The molecule has 6 aliphatic heterocycles. The van der Waals surface area contributed by atoms with Gasteiger partial charge in [-0.3, -0.25) is 0 Å². The van der Waals surface area contributed by atoms with Gasteiger partial charge >= 0.3 is 0 Å². The number of aliphatic hydroxyl groups excluding tert-OH is 18. The van der Waals surface area contributed by atoms with Gasteiger partial charge in [0.25, 0.3) is 0 Å². The van der Waals surface area contributed by atoms with Crippen molar-refractivity contribution in [1.82, 2.24) is 0 Å². The van der Waals surface area contributed by atoms with E-state index in [9.17, 15) is 91.9 Å². The Morgan fingerprint density at radius 3 is 1.24 bits per heavy atom. The van der Waals surface area contributed by atoms with Gasteiger partial charge in [-0.2, -0.15) is 0 Å². The lowest BCUT2D eigenvalue weighted by Crippen LogP contribution is -2.67. The van der Waals surface area contributed by atoms with E-state index in [1.807, 2.05) is 0 Å². The van der Waals surface area contributed by atoms with E-state index in [0.29, 0.717) is 0 Å². The Bertz CT molecular complexity index is 1490. The van der Waals surface area contributed by atoms with E-state index in [-0.39, 0.29) is 0 Å². The molecular weight excluding hydrogens is 908 g/mol. The topological polar surface area (TPSA) is 466 Å². The number of ether oxygens (including phenoxy) is 11. The lowest BCUT2D eigenvalue weighted by molar-refractivity contribution is -0.396. The molecule has 386 valence electrons. The Balaban J connectivity index is 1.18. The number of hydrogen-bond donors (Lipinski definition) is 18. The largest absolute Gasteiger partial charge is 0.394 e. The maximum Gasteiger partial charge on any atom is 0.187 e. The van der Waals surface area contributed by atoms with Crippen molar-refractivity contribution in [1.29, 1.82) is 0 Å². The van der Waals surface area contributed by atoms with Gasteiger partial charge in [0.15, 0.2) is 37.7 Å². The average molecular weight is 973 g/mol. The van der Waals surface area contributed by atoms with Crippen LogP contribution in [0.5, 0.6) is 0 Å². The monoisotopic (exact) mass is 972 g/mol. The minimum Gasteiger partial charge on any atom is -0.394 e. The summed E-state index contributed by atoms with van der Waals surface area (Å²) in [4.78, 5) is 0. The van der Waals surface area contributed by atoms with Crippen molar-refractivity contribution in [3.8, 4) is 0 Å². The Labute approximate surface area is 374 Å². The fraction of sp³-hybridized carbons (Fsp3) is 1.00. The predicted octanol–water partition coefficient (Wildman–Crippen LogP) is -11.8. The fourth-order valence-corrected chi connectivity index (χ4v) is 8.67. The molecule has 0 saturated carbocycles. The van der Waals surface area contributed by atoms with E-state index in [2.05, 4.69) is 0 Å². The molecule has 12 unspecified atom stereocenters. The van der Waals surface area contributed by atoms with Crippen molar-refractivity contribution in [2.24, 2.45) is 5.92 Å². The Hall–Kier alpha value is -1.16. The normalized spacial score (nSPS) is 54.0. The zero-order valence-corrected chi connectivity index (χ0v) is 35.4. The van der Waals surface area contributed by atoms with Crippen LogP contribution in [0.15, 0.2) is 0 Å². The molecule has 29 nitrogen and oxygen atoms in total. The minimum atomic E-state index is -2.09. The molecule has 0 aromatic carbocycles. The summed E-state index contributed by atoms with van der Waals surface area (Å²) < 4.78 is 62.4. The summed E-state index contributed by atoms with van der Waals surface area (Å²) >= 11 is 0. The highest BCUT2D eigenvalue weighted by Gasteiger charge is 2.57. The molecule has 0 amide bonds. The van der Waals surface area contributed by atoms with E-state index < -0.39 is 217 Å². The van der Waals surface area contributed by atoms with Crippen LogP contribution in [0.4, 0.5) is 0 Å². The third kappa shape index (κ3) is 10.8. The van der Waals surface area contributed by atoms with Gasteiger partial charge in [0.1, 0.15) is 128 Å². The maximum absolute atomic E-state index is 11.6. The third-order valence-corrected chi connectivity index (χ3v) is 12.7. The summed E-state index contributed by atoms with van der Waals surface area (Å²) in [5, 5.41) is 190. The first-order valence-corrected chi connectivity index (χ1v) is 21.3. The van der Waals surface area contributed by atoms with E-state index in [4.69, 9.17) is 52.1 Å². The first-order chi connectivity index (χ1) is 31.2. The van der Waals surface area contributed by atoms with Gasteiger partial charge in [-0.15, -0.1) is 0 Å². The molecule has 66 heavy (non-hydrogen) atoms. The Kier molecular flexibility index (Phi) is 18.8. The molecule has 29 heteroatoms. The summed E-state index contributed by atoms with van der Waals surface area (Å²) in [6.45, 7) is -1.84. The lowest BCUT2D eigenvalue weighted by atomic mass is 9.91. The molecule has 0 aliphatic carbocycles. The fourth-order valence-electron chi connectivity index (χ4n) is 8.67. The van der Waals surface area contributed by atoms with Gasteiger partial charge in [0.2, 0.25) is 0 Å². The van der Waals surface area contributed by atoms with Crippen molar-refractivity contribution < 1.29 is 144 Å². The van der Waals surface area contributed by atoms with Crippen molar-refractivity contribution >= 4 is 0 Å². The summed E-state index contributed by atoms with van der Waals surface area (Å²) in [7, 11) is 0. The highest BCUT2D eigenvalue weighted by molar-refractivity contribution is 4.99. The van der Waals surface area contributed by atoms with Gasteiger partial charge in [-0.05, 0) is 6.92 Å². The van der Waals surface area contributed by atoms with E-state index in [0.717, 1.165) is 0 Å². The Morgan fingerprint density at radius 2 is 0.667 bits per heavy atom. The third-order valence-electron chi connectivity index (χ3n) is 12.7. The van der Waals surface area contributed by atoms with Crippen LogP contribution in [0.25, 0.3) is 0 Å². The zero-order chi connectivity index (χ0) is 48.6. The molecule has 6 rings (SSSR count). The van der Waals surface area contributed by atoms with Crippen molar-refractivity contribution in [2.75, 3.05) is 33.0 Å². The van der Waals surface area contributed by atoms with Crippen LogP contribution in [0.3, 0.4) is 0 Å². The van der Waals surface area contributed by atoms with Gasteiger partial charge in [-0.1, -0.05) is 6.92 Å². The second-order valence-electron chi connectivity index (χ2n) is 17.1. The zero-order valence-electron chi connectivity index (χ0n) is 35.4. The summed E-state index contributed by atoms with van der Waals surface area (Å²) in [6.07, 6.45) is -51.5. The van der Waals surface area contributed by atoms with Crippen LogP contribution in [0, 0.1) is 5.92 Å². The second-order valence-corrected chi connectivity index (χ2v) is 17.1. The highest BCUT2D eigenvalue weighted by Crippen LogP contribution is 2.38. The minimum absolute atomic E-state index is 0.852. The van der Waals surface area contributed by atoms with E-state index in [1.54, 1.807) is 0 Å². The molecule has 6 saturated heterocycles. The first kappa shape index (κ1) is 54.2. The molecule has 0 aromatic heterocycles. The van der Waals surface area contributed by atoms with Gasteiger partial charge in [0.05, 0.1) is 45.2 Å². The molecule has 0 radical (unpaired) electrons. The second kappa shape index (κ2) is 22.9. The van der Waals surface area contributed by atoms with E-state index >= 15 is 0 Å². The SMILES string of the molecule is CC1O[C@@H](O[C@H]2C(O)[C@@H](O)C(CO)O[C@H]2OC2[C@@H](O)C(CO)O[C@@H](O[C@@H]3C(O)[C@@H](O[C@H]4C(CO)O[C@@H](O[C@@H]5C(CO)O[C@@H](O)C(O)[C@H]5O)[C@@H](O)C4O)OC(CO)[C@@H]3O)[C@H]2C)[C@@H](O)[C@@H](O)C1O. The van der Waals surface area contributed by atoms with Crippen molar-refractivity contribution in [3.63, 3.8) is 0 Å². The molecule has 6 aliphatic rings. The smallest absolute Gasteiger partial charge is 0.187 e. The first-order valence-electron chi connectivity index (χ1n) is 21.3. The summed E-state index contributed by atoms with van der Waals surface area (Å²) in [5.41, 5.74) is 0. The lowest BCUT2D eigenvalue weighted by Gasteiger charge is -2.50. The molecule has 6 heterocycles. The highest BCUT2D eigenvalue weighted by atomic mass is 16.8. The predicted molar refractivity (Wildman–Crippen MR) is 201 cm³/mol. The molecule has 0 bridgehead atoms. The van der Waals surface area contributed by atoms with Gasteiger partial charge in [0, 0.05) is 5.92 Å². The van der Waals surface area contributed by atoms with Crippen LogP contribution in [0.1, 0.15) is 13.8 Å². The van der Waals surface area contributed by atoms with Crippen LogP contribution in [0.2, 0.25) is 0 Å². The Morgan fingerprint density at radius 1 is 0.288 bits per heavy atom. The van der Waals surface area contributed by atoms with Crippen LogP contribution >= 0.6 is 0 Å². The molecule has 0 spiro atoms. The van der Waals surface area contributed by atoms with Crippen LogP contribution in [-0.2, 0) is 52.1 Å². The van der Waals surface area contributed by atoms with E-state index in [1.165, 1.54) is 13.8 Å². The molecule has 18 N–H and O–H groups in total. The standard InChI is InChI=1S/C37H64O29/c1-8-27(62-37-31(20(48)16(44)10(3-38)60-37)66-34-24(52)19(47)15(43)9(2)56-34)17(45)11(4-39)58-33(8)65-30-18(46)12(5-40)59-36(26(30)54)64-29-14(7-42)61-35(25(53)22(29)50)63-28-13(6-41)57-32(55)23(51)21(28)49/h8-55H,3-7H2,1-2H3/t8-,9?,10?,11?,12?,13?,14?,15?,16-,17-,18-,19-,20?,21+,22?,23?,24-,25-,26?,27?,28+,29-,30-,31-,32+,33-,34-,35-,36+,37-/m0/s1. The molecule has 6 fully saturated rings. The van der Waals surface area contributed by atoms with Crippen LogP contribution < -0.4 is 0 Å². The molecule has 30 atom stereocenters. The van der Waals surface area contributed by atoms with Crippen LogP contribution in [-0.4, -0.2) is 303 Å². The van der Waals surface area contributed by atoms with Gasteiger partial charge in [-0.25, -0.2) is 0 Å². The number of rotatable bonds is 15. The molecular formula is C37H64O29. The van der Waals surface area contributed by atoms with Gasteiger partial charge < -0.3 is 144 Å². The maximum atomic E-state index is 11.6. The average Bonchev–Trinajstić information content (AvgIpc) is 3.30. The number of hydrogen-bond acceptors (Lipinski definition) is 29. The quantitative estimate of drug-likeness (QED) is 0.0724. The molecule has 0 aromatic rings. The number of aliphatic hydroxyl groups is 18. The van der Waals surface area contributed by atoms with Crippen molar-refractivity contribution in [3.05, 3.63) is 0 Å².